The first-order valence-corrected chi connectivity index (χ1v) is 7.22. The number of carbonyl (C=O) groups is 1. The van der Waals surface area contributed by atoms with Crippen LogP contribution in [0.15, 0.2) is 47.5 Å². The lowest BCUT2D eigenvalue weighted by atomic mass is 10.2. The van der Waals surface area contributed by atoms with Crippen LogP contribution >= 0.6 is 0 Å². The standard InChI is InChI=1S/C18H19NO5/c1-21-15-8-9-16(17(10-15)22-2)19-11-13-4-6-14(7-5-13)24-12-18(20)23-3/h4-11H,12H2,1-3H3. The van der Waals surface area contributed by atoms with Crippen LogP contribution in [-0.4, -0.2) is 40.1 Å². The zero-order valence-electron chi connectivity index (χ0n) is 13.8. The number of rotatable bonds is 7. The molecule has 0 radical (unpaired) electrons. The minimum atomic E-state index is -0.424. The van der Waals surface area contributed by atoms with Crippen LogP contribution in [-0.2, 0) is 9.53 Å². The Bertz CT molecular complexity index is 710. The molecule has 6 heteroatoms. The van der Waals surface area contributed by atoms with E-state index in [-0.39, 0.29) is 6.61 Å². The maximum atomic E-state index is 11.0. The topological polar surface area (TPSA) is 66.4 Å². The van der Waals surface area contributed by atoms with Gasteiger partial charge < -0.3 is 18.9 Å². The highest BCUT2D eigenvalue weighted by atomic mass is 16.6. The Kier molecular flexibility index (Phi) is 6.19. The molecular weight excluding hydrogens is 310 g/mol. The van der Waals surface area contributed by atoms with Crippen LogP contribution in [0, 0.1) is 0 Å². The summed E-state index contributed by atoms with van der Waals surface area (Å²) in [6.07, 6.45) is 1.72. The highest BCUT2D eigenvalue weighted by Gasteiger charge is 2.04. The summed E-state index contributed by atoms with van der Waals surface area (Å²) in [7, 11) is 4.50. The second kappa shape index (κ2) is 8.57. The molecule has 0 fully saturated rings. The summed E-state index contributed by atoms with van der Waals surface area (Å²) >= 11 is 0. The van der Waals surface area contributed by atoms with Gasteiger partial charge in [0.15, 0.2) is 6.61 Å². The maximum absolute atomic E-state index is 11.0. The molecule has 0 aromatic heterocycles. The van der Waals surface area contributed by atoms with E-state index in [0.717, 1.165) is 5.56 Å². The predicted octanol–water partition coefficient (Wildman–Crippen LogP) is 3.01. The summed E-state index contributed by atoms with van der Waals surface area (Å²) in [5, 5.41) is 0. The maximum Gasteiger partial charge on any atom is 0.343 e. The van der Waals surface area contributed by atoms with Gasteiger partial charge >= 0.3 is 5.97 Å². The molecule has 0 spiro atoms. The van der Waals surface area contributed by atoms with Gasteiger partial charge in [-0.1, -0.05) is 0 Å². The summed E-state index contributed by atoms with van der Waals surface area (Å²) in [4.78, 5) is 15.4. The molecule has 24 heavy (non-hydrogen) atoms. The minimum Gasteiger partial charge on any atom is -0.497 e. The van der Waals surface area contributed by atoms with E-state index in [1.165, 1.54) is 7.11 Å². The zero-order chi connectivity index (χ0) is 17.4. The molecule has 0 saturated heterocycles. The van der Waals surface area contributed by atoms with Crippen molar-refractivity contribution < 1.29 is 23.7 Å². The first-order valence-electron chi connectivity index (χ1n) is 7.22. The van der Waals surface area contributed by atoms with E-state index in [1.807, 2.05) is 24.3 Å². The smallest absolute Gasteiger partial charge is 0.343 e. The molecule has 2 aromatic carbocycles. The fourth-order valence-corrected chi connectivity index (χ4v) is 1.89. The normalized spacial score (nSPS) is 10.5. The fraction of sp³-hybridized carbons (Fsp3) is 0.222. The monoisotopic (exact) mass is 329 g/mol. The molecule has 0 aliphatic carbocycles. The first kappa shape index (κ1) is 17.3. The summed E-state index contributed by atoms with van der Waals surface area (Å²) in [6, 6.07) is 12.6. The van der Waals surface area contributed by atoms with E-state index < -0.39 is 5.97 Å². The molecule has 126 valence electrons. The number of hydrogen-bond acceptors (Lipinski definition) is 6. The largest absolute Gasteiger partial charge is 0.497 e. The first-order chi connectivity index (χ1) is 11.7. The highest BCUT2D eigenvalue weighted by Crippen LogP contribution is 2.31. The van der Waals surface area contributed by atoms with Crippen molar-refractivity contribution in [3.63, 3.8) is 0 Å². The number of carbonyl (C=O) groups excluding carboxylic acids is 1. The fourth-order valence-electron chi connectivity index (χ4n) is 1.89. The number of aliphatic imine (C=N–C) groups is 1. The third-order valence-corrected chi connectivity index (χ3v) is 3.20. The molecule has 0 bridgehead atoms. The highest BCUT2D eigenvalue weighted by molar-refractivity contribution is 5.83. The summed E-state index contributed by atoms with van der Waals surface area (Å²) in [5.41, 5.74) is 1.59. The van der Waals surface area contributed by atoms with E-state index >= 15 is 0 Å². The molecule has 0 aliphatic rings. The molecule has 2 rings (SSSR count). The van der Waals surface area contributed by atoms with Crippen molar-refractivity contribution >= 4 is 17.9 Å². The van der Waals surface area contributed by atoms with E-state index in [4.69, 9.17) is 14.2 Å². The van der Waals surface area contributed by atoms with Gasteiger partial charge in [0.25, 0.3) is 0 Å². The Morgan fingerprint density at radius 1 is 1.00 bits per heavy atom. The number of ether oxygens (including phenoxy) is 4. The van der Waals surface area contributed by atoms with Crippen LogP contribution in [0.3, 0.4) is 0 Å². The Morgan fingerprint density at radius 3 is 2.33 bits per heavy atom. The molecular formula is C18H19NO5. The van der Waals surface area contributed by atoms with Crippen molar-refractivity contribution in [2.75, 3.05) is 27.9 Å². The van der Waals surface area contributed by atoms with Crippen LogP contribution in [0.2, 0.25) is 0 Å². The lowest BCUT2D eigenvalue weighted by molar-refractivity contribution is -0.142. The van der Waals surface area contributed by atoms with Crippen molar-refractivity contribution in [1.82, 2.24) is 0 Å². The van der Waals surface area contributed by atoms with Crippen molar-refractivity contribution in [2.45, 2.75) is 0 Å². The quantitative estimate of drug-likeness (QED) is 0.577. The van der Waals surface area contributed by atoms with Gasteiger partial charge in [0.05, 0.1) is 21.3 Å². The van der Waals surface area contributed by atoms with Crippen molar-refractivity contribution in [3.05, 3.63) is 48.0 Å². The Balaban J connectivity index is 2.05. The second-order valence-electron chi connectivity index (χ2n) is 4.73. The van der Waals surface area contributed by atoms with Gasteiger partial charge in [-0.3, -0.25) is 4.99 Å². The van der Waals surface area contributed by atoms with Crippen LogP contribution in [0.4, 0.5) is 5.69 Å². The molecule has 0 aliphatic heterocycles. The van der Waals surface area contributed by atoms with Crippen molar-refractivity contribution in [2.24, 2.45) is 4.99 Å². The molecule has 0 unspecified atom stereocenters. The van der Waals surface area contributed by atoms with Crippen LogP contribution in [0.1, 0.15) is 5.56 Å². The molecule has 0 N–H and O–H groups in total. The second-order valence-corrected chi connectivity index (χ2v) is 4.73. The van der Waals surface area contributed by atoms with E-state index in [2.05, 4.69) is 9.73 Å². The number of methoxy groups -OCH3 is 3. The Morgan fingerprint density at radius 2 is 1.71 bits per heavy atom. The SMILES string of the molecule is COC(=O)COc1ccc(C=Nc2ccc(OC)cc2OC)cc1. The molecule has 2 aromatic rings. The molecule has 0 amide bonds. The van der Waals surface area contributed by atoms with Gasteiger partial charge in [0.1, 0.15) is 22.9 Å². The molecule has 0 saturated carbocycles. The van der Waals surface area contributed by atoms with Crippen LogP contribution in [0.5, 0.6) is 17.2 Å². The van der Waals surface area contributed by atoms with Gasteiger partial charge in [0.2, 0.25) is 0 Å². The Hall–Kier alpha value is -3.02. The van der Waals surface area contributed by atoms with Crippen molar-refractivity contribution in [3.8, 4) is 17.2 Å². The van der Waals surface area contributed by atoms with Gasteiger partial charge in [-0.2, -0.15) is 0 Å². The van der Waals surface area contributed by atoms with Gasteiger partial charge in [-0.25, -0.2) is 4.79 Å². The van der Waals surface area contributed by atoms with Crippen molar-refractivity contribution in [1.29, 1.82) is 0 Å². The average molecular weight is 329 g/mol. The number of benzene rings is 2. The van der Waals surface area contributed by atoms with E-state index in [9.17, 15) is 4.79 Å². The predicted molar refractivity (Wildman–Crippen MR) is 90.8 cm³/mol. The third kappa shape index (κ3) is 4.74. The zero-order valence-corrected chi connectivity index (χ0v) is 13.8. The number of esters is 1. The van der Waals surface area contributed by atoms with Crippen LogP contribution in [0.25, 0.3) is 0 Å². The van der Waals surface area contributed by atoms with Gasteiger partial charge in [0, 0.05) is 12.3 Å². The molecule has 0 atom stereocenters. The summed E-state index contributed by atoms with van der Waals surface area (Å²) in [5.74, 6) is 1.49. The van der Waals surface area contributed by atoms with Gasteiger partial charge in [-0.05, 0) is 42.0 Å². The lowest BCUT2D eigenvalue weighted by Crippen LogP contribution is -2.12. The minimum absolute atomic E-state index is 0.118. The van der Waals surface area contributed by atoms with Gasteiger partial charge in [-0.15, -0.1) is 0 Å². The number of nitrogens with zero attached hydrogens (tertiary/aromatic N) is 1. The third-order valence-electron chi connectivity index (χ3n) is 3.20. The lowest BCUT2D eigenvalue weighted by Gasteiger charge is -2.07. The van der Waals surface area contributed by atoms with E-state index in [1.54, 1.807) is 38.6 Å². The molecule has 6 nitrogen and oxygen atoms in total. The average Bonchev–Trinajstić information content (AvgIpc) is 2.64. The van der Waals surface area contributed by atoms with E-state index in [0.29, 0.717) is 22.9 Å². The Labute approximate surface area is 140 Å². The van der Waals surface area contributed by atoms with Crippen LogP contribution < -0.4 is 14.2 Å². The number of hydrogen-bond donors (Lipinski definition) is 0. The molecule has 0 heterocycles. The summed E-state index contributed by atoms with van der Waals surface area (Å²) in [6.45, 7) is -0.118. The summed E-state index contributed by atoms with van der Waals surface area (Å²) < 4.78 is 20.3.